The highest BCUT2D eigenvalue weighted by atomic mass is 19.1. The van der Waals surface area contributed by atoms with Crippen molar-refractivity contribution in [3.63, 3.8) is 0 Å². The fraction of sp³-hybridized carbons (Fsp3) is 0. The summed E-state index contributed by atoms with van der Waals surface area (Å²) >= 11 is 0. The number of phenolic OH excluding ortho intramolecular Hbond substituents is 2. The van der Waals surface area contributed by atoms with Crippen molar-refractivity contribution in [1.29, 1.82) is 0 Å². The summed E-state index contributed by atoms with van der Waals surface area (Å²) in [5, 5.41) is 20.7. The number of aromatic hydroxyl groups is 2. The number of hydrogen-bond acceptors (Lipinski definition) is 3. The first kappa shape index (κ1) is 11.9. The van der Waals surface area contributed by atoms with Gasteiger partial charge in [0.05, 0.1) is 5.69 Å². The molecule has 0 radical (unpaired) electrons. The zero-order valence-electron chi connectivity index (χ0n) is 9.22. The van der Waals surface area contributed by atoms with Crippen LogP contribution >= 0.6 is 0 Å². The molecule has 0 aromatic heterocycles. The second kappa shape index (κ2) is 4.75. The Morgan fingerprint density at radius 1 is 1.06 bits per heavy atom. The summed E-state index contributed by atoms with van der Waals surface area (Å²) in [6.45, 7) is 0. The minimum atomic E-state index is -0.574. The molecule has 0 spiro atoms. The molecule has 0 bridgehead atoms. The van der Waals surface area contributed by atoms with Gasteiger partial charge in [-0.1, -0.05) is 12.1 Å². The van der Waals surface area contributed by atoms with Crippen molar-refractivity contribution in [3.8, 4) is 11.5 Å². The average molecular weight is 247 g/mol. The lowest BCUT2D eigenvalue weighted by Gasteiger charge is -2.06. The van der Waals surface area contributed by atoms with Crippen molar-refractivity contribution in [2.45, 2.75) is 0 Å². The number of nitrogens with one attached hydrogen (secondary N) is 1. The van der Waals surface area contributed by atoms with Gasteiger partial charge >= 0.3 is 0 Å². The molecule has 0 atom stereocenters. The minimum Gasteiger partial charge on any atom is -0.504 e. The Hall–Kier alpha value is -2.56. The molecule has 2 aromatic rings. The zero-order chi connectivity index (χ0) is 13.1. The van der Waals surface area contributed by atoms with E-state index in [1.807, 2.05) is 0 Å². The van der Waals surface area contributed by atoms with Crippen LogP contribution in [0.3, 0.4) is 0 Å². The Balaban J connectivity index is 2.22. The maximum atomic E-state index is 13.3. The van der Waals surface area contributed by atoms with Crippen molar-refractivity contribution < 1.29 is 19.4 Å². The molecule has 0 heterocycles. The van der Waals surface area contributed by atoms with Gasteiger partial charge in [-0.25, -0.2) is 4.39 Å². The van der Waals surface area contributed by atoms with E-state index in [9.17, 15) is 14.3 Å². The van der Waals surface area contributed by atoms with Gasteiger partial charge in [-0.2, -0.15) is 0 Å². The van der Waals surface area contributed by atoms with Gasteiger partial charge in [0.2, 0.25) is 0 Å². The van der Waals surface area contributed by atoms with E-state index >= 15 is 0 Å². The normalized spacial score (nSPS) is 10.1. The molecule has 18 heavy (non-hydrogen) atoms. The molecule has 0 saturated heterocycles. The molecular weight excluding hydrogens is 237 g/mol. The molecule has 0 aliphatic heterocycles. The number of rotatable bonds is 2. The van der Waals surface area contributed by atoms with Crippen LogP contribution in [0.1, 0.15) is 10.4 Å². The third-order valence-electron chi connectivity index (χ3n) is 2.36. The first-order valence-corrected chi connectivity index (χ1v) is 5.16. The SMILES string of the molecule is O=C(Nc1ccccc1F)c1ccc(O)c(O)c1. The van der Waals surface area contributed by atoms with Crippen LogP contribution in [-0.4, -0.2) is 16.1 Å². The first-order valence-electron chi connectivity index (χ1n) is 5.16. The fourth-order valence-corrected chi connectivity index (χ4v) is 1.42. The van der Waals surface area contributed by atoms with E-state index in [1.165, 1.54) is 30.3 Å². The number of hydrogen-bond donors (Lipinski definition) is 3. The van der Waals surface area contributed by atoms with E-state index in [2.05, 4.69) is 5.32 Å². The van der Waals surface area contributed by atoms with Crippen molar-refractivity contribution in [2.24, 2.45) is 0 Å². The van der Waals surface area contributed by atoms with E-state index < -0.39 is 17.5 Å². The van der Waals surface area contributed by atoms with Crippen molar-refractivity contribution >= 4 is 11.6 Å². The molecule has 5 heteroatoms. The molecule has 4 nitrogen and oxygen atoms in total. The molecule has 0 unspecified atom stereocenters. The molecule has 2 aromatic carbocycles. The number of amides is 1. The summed E-state index contributed by atoms with van der Waals surface area (Å²) in [4.78, 5) is 11.8. The quantitative estimate of drug-likeness (QED) is 0.714. The van der Waals surface area contributed by atoms with E-state index in [0.717, 1.165) is 6.07 Å². The van der Waals surface area contributed by atoms with Gasteiger partial charge in [-0.3, -0.25) is 4.79 Å². The number of carbonyl (C=O) groups excluding carboxylic acids is 1. The molecular formula is C13H10FNO3. The monoisotopic (exact) mass is 247 g/mol. The van der Waals surface area contributed by atoms with Gasteiger partial charge in [0.25, 0.3) is 5.91 Å². The van der Waals surface area contributed by atoms with Crippen LogP contribution in [0.5, 0.6) is 11.5 Å². The van der Waals surface area contributed by atoms with Gasteiger partial charge in [0.1, 0.15) is 5.82 Å². The third kappa shape index (κ3) is 2.40. The third-order valence-corrected chi connectivity index (χ3v) is 2.36. The second-order valence-corrected chi connectivity index (χ2v) is 3.64. The highest BCUT2D eigenvalue weighted by Crippen LogP contribution is 2.25. The molecule has 0 fully saturated rings. The number of carbonyl (C=O) groups is 1. The lowest BCUT2D eigenvalue weighted by molar-refractivity contribution is 0.102. The van der Waals surface area contributed by atoms with Crippen LogP contribution in [-0.2, 0) is 0 Å². The van der Waals surface area contributed by atoms with E-state index in [-0.39, 0.29) is 17.0 Å². The van der Waals surface area contributed by atoms with Crippen LogP contribution < -0.4 is 5.32 Å². The topological polar surface area (TPSA) is 69.6 Å². The fourth-order valence-electron chi connectivity index (χ4n) is 1.42. The summed E-state index contributed by atoms with van der Waals surface area (Å²) in [7, 11) is 0. The predicted octanol–water partition coefficient (Wildman–Crippen LogP) is 2.49. The summed E-state index contributed by atoms with van der Waals surface area (Å²) in [6.07, 6.45) is 0. The lowest BCUT2D eigenvalue weighted by atomic mass is 10.2. The van der Waals surface area contributed by atoms with Crippen LogP contribution in [0.2, 0.25) is 0 Å². The first-order chi connectivity index (χ1) is 8.58. The highest BCUT2D eigenvalue weighted by molar-refractivity contribution is 6.04. The maximum Gasteiger partial charge on any atom is 0.255 e. The predicted molar refractivity (Wildman–Crippen MR) is 64.1 cm³/mol. The Labute approximate surface area is 102 Å². The number of halogens is 1. The van der Waals surface area contributed by atoms with Crippen molar-refractivity contribution in [1.82, 2.24) is 0 Å². The maximum absolute atomic E-state index is 13.3. The number of phenols is 2. The summed E-state index contributed by atoms with van der Waals surface area (Å²) in [6, 6.07) is 9.37. The number of benzene rings is 2. The molecule has 1 amide bonds. The Morgan fingerprint density at radius 3 is 2.44 bits per heavy atom. The summed E-state index contributed by atoms with van der Waals surface area (Å²) in [5.41, 5.74) is 0.170. The van der Waals surface area contributed by atoms with Gasteiger partial charge in [0.15, 0.2) is 11.5 Å². The zero-order valence-corrected chi connectivity index (χ0v) is 9.22. The summed E-state index contributed by atoms with van der Waals surface area (Å²) in [5.74, 6) is -1.85. The Morgan fingerprint density at radius 2 is 1.78 bits per heavy atom. The van der Waals surface area contributed by atoms with Gasteiger partial charge in [-0.15, -0.1) is 0 Å². The number of para-hydroxylation sites is 1. The van der Waals surface area contributed by atoms with Crippen LogP contribution in [0.4, 0.5) is 10.1 Å². The summed E-state index contributed by atoms with van der Waals surface area (Å²) < 4.78 is 13.3. The van der Waals surface area contributed by atoms with Gasteiger partial charge in [-0.05, 0) is 30.3 Å². The van der Waals surface area contributed by atoms with Crippen LogP contribution in [0, 0.1) is 5.82 Å². The molecule has 0 aliphatic carbocycles. The lowest BCUT2D eigenvalue weighted by Crippen LogP contribution is -2.12. The van der Waals surface area contributed by atoms with Crippen molar-refractivity contribution in [2.75, 3.05) is 5.32 Å². The van der Waals surface area contributed by atoms with E-state index in [0.29, 0.717) is 0 Å². The van der Waals surface area contributed by atoms with Crippen molar-refractivity contribution in [3.05, 3.63) is 53.8 Å². The molecule has 0 saturated carbocycles. The smallest absolute Gasteiger partial charge is 0.255 e. The Bertz CT molecular complexity index is 599. The van der Waals surface area contributed by atoms with Crippen LogP contribution in [0.15, 0.2) is 42.5 Å². The van der Waals surface area contributed by atoms with Crippen LogP contribution in [0.25, 0.3) is 0 Å². The average Bonchev–Trinajstić information content (AvgIpc) is 2.35. The second-order valence-electron chi connectivity index (χ2n) is 3.64. The molecule has 3 N–H and O–H groups in total. The van der Waals surface area contributed by atoms with E-state index in [1.54, 1.807) is 6.07 Å². The van der Waals surface area contributed by atoms with Gasteiger partial charge < -0.3 is 15.5 Å². The minimum absolute atomic E-state index is 0.0510. The Kier molecular flexibility index (Phi) is 3.14. The molecule has 0 aliphatic rings. The van der Waals surface area contributed by atoms with E-state index in [4.69, 9.17) is 5.11 Å². The highest BCUT2D eigenvalue weighted by Gasteiger charge is 2.10. The molecule has 2 rings (SSSR count). The number of anilines is 1. The van der Waals surface area contributed by atoms with Gasteiger partial charge in [0, 0.05) is 5.56 Å². The standard InChI is InChI=1S/C13H10FNO3/c14-9-3-1-2-4-10(9)15-13(18)8-5-6-11(16)12(17)7-8/h1-7,16-17H,(H,15,18). The molecule has 92 valence electrons. The largest absolute Gasteiger partial charge is 0.504 e.